The molecule has 3 atom stereocenters. The second-order valence-corrected chi connectivity index (χ2v) is 81.4. The molecule has 0 radical (unpaired) electrons. The number of ether oxygens (including phenoxy) is 3. The minimum atomic E-state index is -2.98. The van der Waals surface area contributed by atoms with Crippen LogP contribution in [0.5, 0.6) is 0 Å². The van der Waals surface area contributed by atoms with Crippen LogP contribution in [0.1, 0.15) is 26.2 Å². The molecule has 19 nitrogen and oxygen atoms in total. The molecule has 0 saturated carbocycles. The Kier molecular flexibility index (Phi) is 37.6. The monoisotopic (exact) mass is 1390 g/mol. The number of nitrogens with one attached hydrogen (secondary N) is 1. The van der Waals surface area contributed by atoms with Gasteiger partial charge in [0.15, 0.2) is 74.9 Å². The summed E-state index contributed by atoms with van der Waals surface area (Å²) in [6, 6.07) is 1.98. The molecule has 3 unspecified atom stereocenters. The quantitative estimate of drug-likeness (QED) is 0.0253. The molecule has 0 aliphatic rings. The number of carbonyl (C=O) groups is 2. The molecular weight excluding hydrogens is 1260 g/mol. The Morgan fingerprint density at radius 2 is 0.639 bits per heavy atom. The van der Waals surface area contributed by atoms with Crippen molar-refractivity contribution in [1.82, 2.24) is 10.2 Å². The van der Waals surface area contributed by atoms with Crippen molar-refractivity contribution < 1.29 is 76.2 Å². The van der Waals surface area contributed by atoms with E-state index in [0.717, 1.165) is 6.42 Å². The van der Waals surface area contributed by atoms with Crippen LogP contribution in [0, 0.1) is 0 Å². The highest BCUT2D eigenvalue weighted by Gasteiger charge is 2.52. The van der Waals surface area contributed by atoms with Crippen molar-refractivity contribution in [2.24, 2.45) is 0 Å². The number of carbonyl (C=O) groups excluding carboxylic acids is 2. The Morgan fingerprint density at radius 3 is 0.831 bits per heavy atom. The van der Waals surface area contributed by atoms with Crippen molar-refractivity contribution in [2.45, 2.75) is 239 Å². The minimum Gasteiger partial charge on any atom is -0.417 e. The Labute approximate surface area is 519 Å². The SMILES string of the molecule is C=C(C)C(=O)N(CC(O)COCCC[Si](O[Si](C)(C)C)(O[Si](C)(C)C)O[Si](C)(C)C)CC(O)COCCC[Si](O[Si](C)(C)C)(O[Si](C)(C)C)O[Si](C)(C)C.C=CC(=O)NCC(O)COCCC[Si](O[Si](C)(C)C)(O[Si](C)(C)C)O[Si](C)(C)C. The fraction of sp³-hybridized carbons (Fsp3) is 0.885. The van der Waals surface area contributed by atoms with Crippen LogP contribution < -0.4 is 5.32 Å². The summed E-state index contributed by atoms with van der Waals surface area (Å²) in [5.74, 6) is -0.652. The van der Waals surface area contributed by atoms with Crippen LogP contribution in [0.25, 0.3) is 0 Å². The van der Waals surface area contributed by atoms with E-state index in [1.807, 2.05) is 0 Å². The van der Waals surface area contributed by atoms with Gasteiger partial charge in [-0.05, 0) is 209 Å². The van der Waals surface area contributed by atoms with Crippen molar-refractivity contribution in [3.8, 4) is 0 Å². The Hall–Kier alpha value is 0.423. The molecule has 83 heavy (non-hydrogen) atoms. The molecule has 0 aliphatic carbocycles. The first-order valence-corrected chi connectivity index (χ1v) is 66.3. The van der Waals surface area contributed by atoms with Crippen LogP contribution in [0.3, 0.4) is 0 Å². The van der Waals surface area contributed by atoms with E-state index in [2.05, 4.69) is 195 Å². The molecule has 0 heterocycles. The highest BCUT2D eigenvalue weighted by Crippen LogP contribution is 2.33. The summed E-state index contributed by atoms with van der Waals surface area (Å²) in [4.78, 5) is 25.6. The molecule has 4 N–H and O–H groups in total. The first kappa shape index (κ1) is 85.5. The zero-order chi connectivity index (χ0) is 65.5. The number of aliphatic hydroxyl groups excluding tert-OH is 3. The van der Waals surface area contributed by atoms with Crippen molar-refractivity contribution >= 4 is 113 Å². The lowest BCUT2D eigenvalue weighted by molar-refractivity contribution is -0.131. The van der Waals surface area contributed by atoms with Crippen LogP contribution in [0.4, 0.5) is 0 Å². The summed E-state index contributed by atoms with van der Waals surface area (Å²) >= 11 is 0. The van der Waals surface area contributed by atoms with Gasteiger partial charge in [0.05, 0.1) is 38.1 Å². The van der Waals surface area contributed by atoms with Crippen molar-refractivity contribution in [1.29, 1.82) is 0 Å². The largest absolute Gasteiger partial charge is 0.469 e. The van der Waals surface area contributed by atoms with E-state index >= 15 is 0 Å². The predicted molar refractivity (Wildman–Crippen MR) is 370 cm³/mol. The number of hydrogen-bond donors (Lipinski definition) is 4. The maximum Gasteiger partial charge on any atom is 0.469 e. The zero-order valence-corrected chi connectivity index (χ0v) is 69.8. The highest BCUT2D eigenvalue weighted by atomic mass is 28.5. The van der Waals surface area contributed by atoms with Crippen LogP contribution in [0.15, 0.2) is 24.8 Å². The lowest BCUT2D eigenvalue weighted by atomic mass is 10.2. The number of nitrogens with zero attached hydrogens (tertiary/aromatic N) is 1. The average Bonchev–Trinajstić information content (AvgIpc) is 3.19. The lowest BCUT2D eigenvalue weighted by Crippen LogP contribution is -2.60. The predicted octanol–water partition coefficient (Wildman–Crippen LogP) is 11.5. The topological polar surface area (TPSA) is 221 Å². The van der Waals surface area contributed by atoms with E-state index in [0.29, 0.717) is 56.4 Å². The van der Waals surface area contributed by atoms with Crippen LogP contribution in [0.2, 0.25) is 195 Å². The average molecular weight is 1390 g/mol. The molecule has 2 amide bonds. The molecule has 31 heteroatoms. The standard InChI is InChI=1S/C34H83NO11Si8.C18H43NO6Si4/c1-31(2)34(38)35(27-32(36)29-39-23-21-25-53(41-47(3,4)5,42-48(6,7)8)43-49(9,10)11)28-33(37)30-40-24-22-26-54(44-50(12,13)14,45-51(15,16)17)46-52(18,19)20;1-11-18(21)19-15-17(20)16-22-13-12-14-29(23-26(2,3)4,24-27(5,6)7)25-28(8,9)10/h32-33,36-37H,1,21-30H2,2-20H3;11,17,20H,1,12-16H2,2-10H3,(H,19,21). The number of amides is 2. The fourth-order valence-corrected chi connectivity index (χ4v) is 52.0. The van der Waals surface area contributed by atoms with E-state index in [9.17, 15) is 24.9 Å². The molecule has 0 aromatic heterocycles. The Bertz CT molecular complexity index is 1690. The third-order valence-corrected chi connectivity index (χ3v) is 45.8. The molecule has 0 aromatic carbocycles. The normalized spacial score (nSPS) is 15.1. The summed E-state index contributed by atoms with van der Waals surface area (Å²) in [5.41, 5.74) is 0.318. The zero-order valence-electron chi connectivity index (χ0n) is 57.8. The molecule has 494 valence electrons. The molecule has 0 aliphatic heterocycles. The molecule has 0 fully saturated rings. The Morgan fingerprint density at radius 1 is 0.422 bits per heavy atom. The summed E-state index contributed by atoms with van der Waals surface area (Å²) < 4.78 is 77.8. The van der Waals surface area contributed by atoms with Gasteiger partial charge in [0.2, 0.25) is 11.8 Å². The third kappa shape index (κ3) is 48.9. The van der Waals surface area contributed by atoms with Gasteiger partial charge in [-0.25, -0.2) is 0 Å². The van der Waals surface area contributed by atoms with Crippen molar-refractivity contribution in [2.75, 3.05) is 59.3 Å². The molecule has 0 saturated heterocycles. The lowest BCUT2D eigenvalue weighted by Gasteiger charge is -2.43. The van der Waals surface area contributed by atoms with Crippen LogP contribution in [-0.2, 0) is 60.8 Å². The number of rotatable bonds is 44. The van der Waals surface area contributed by atoms with Gasteiger partial charge >= 0.3 is 26.4 Å². The van der Waals surface area contributed by atoms with Crippen LogP contribution in [-0.4, -0.2) is 211 Å². The van der Waals surface area contributed by atoms with E-state index in [-0.39, 0.29) is 51.3 Å². The summed E-state index contributed by atoms with van der Waals surface area (Å²) in [6.07, 6.45) is 0.553. The van der Waals surface area contributed by atoms with E-state index in [1.54, 1.807) is 6.92 Å². The maximum absolute atomic E-state index is 13.0. The first-order chi connectivity index (χ1) is 36.9. The first-order valence-electron chi connectivity index (χ1n) is 29.9. The van der Waals surface area contributed by atoms with Crippen molar-refractivity contribution in [3.63, 3.8) is 0 Å². The fourth-order valence-electron chi connectivity index (χ4n) is 8.15. The van der Waals surface area contributed by atoms with E-state index in [4.69, 9.17) is 51.2 Å². The summed E-state index contributed by atoms with van der Waals surface area (Å²) in [6.45, 7) is 68.8. The van der Waals surface area contributed by atoms with Gasteiger partial charge in [0.1, 0.15) is 0 Å². The van der Waals surface area contributed by atoms with Gasteiger partial charge < -0.3 is 76.8 Å². The van der Waals surface area contributed by atoms with E-state index < -0.39 is 120 Å². The molecule has 0 spiro atoms. The maximum atomic E-state index is 13.0. The molecule has 0 aromatic rings. The summed E-state index contributed by atoms with van der Waals surface area (Å²) in [7, 11) is -26.3. The minimum absolute atomic E-state index is 0.0120. The smallest absolute Gasteiger partial charge is 0.417 e. The molecule has 0 bridgehead atoms. The van der Waals surface area contributed by atoms with Gasteiger partial charge in [-0.1, -0.05) is 13.2 Å². The molecular formula is C52H126N2O17Si12. The highest BCUT2D eigenvalue weighted by molar-refractivity contribution is 6.92. The van der Waals surface area contributed by atoms with E-state index in [1.165, 1.54) is 11.0 Å². The summed E-state index contributed by atoms with van der Waals surface area (Å²) in [5, 5.41) is 34.3. The third-order valence-electron chi connectivity index (χ3n) is 9.61. The Balaban J connectivity index is 0. The van der Waals surface area contributed by atoms with Gasteiger partial charge in [-0.15, -0.1) is 0 Å². The van der Waals surface area contributed by atoms with Gasteiger partial charge in [0, 0.05) is 63.2 Å². The van der Waals surface area contributed by atoms with Crippen LogP contribution >= 0.6 is 0 Å². The number of aliphatic hydroxyl groups is 3. The second-order valence-electron chi connectivity index (χ2n) is 30.4. The molecule has 0 rings (SSSR count). The van der Waals surface area contributed by atoms with Gasteiger partial charge in [0.25, 0.3) is 0 Å². The second kappa shape index (κ2) is 36.5. The van der Waals surface area contributed by atoms with Gasteiger partial charge in [-0.3, -0.25) is 9.59 Å². The van der Waals surface area contributed by atoms with Crippen molar-refractivity contribution in [3.05, 3.63) is 24.8 Å². The number of hydrogen-bond acceptors (Lipinski definition) is 17. The van der Waals surface area contributed by atoms with Gasteiger partial charge in [-0.2, -0.15) is 0 Å².